The Balaban J connectivity index is 1.91. The van der Waals surface area contributed by atoms with Crippen LogP contribution in [0.1, 0.15) is 12.0 Å². The molecule has 2 saturated heterocycles. The normalized spacial score (nSPS) is 25.8. The molecule has 0 spiro atoms. The van der Waals surface area contributed by atoms with Crippen molar-refractivity contribution in [3.05, 3.63) is 40.5 Å². The second-order valence-electron chi connectivity index (χ2n) is 5.34. The monoisotopic (exact) mass is 259 g/mol. The van der Waals surface area contributed by atoms with Gasteiger partial charge >= 0.3 is 0 Å². The lowest BCUT2D eigenvalue weighted by Gasteiger charge is -2.33. The van der Waals surface area contributed by atoms with Gasteiger partial charge in [-0.2, -0.15) is 0 Å². The standard InChI is InChI=1S/C14H17N3O2/c1-3-10-6-11(4-5-14(10)17(18)19)16-9-12-7-13(16)8-15(12)2/h3-6,12-13H,1,7-9H2,2H3. The van der Waals surface area contributed by atoms with E-state index in [0.29, 0.717) is 17.6 Å². The molecule has 0 amide bonds. The van der Waals surface area contributed by atoms with Gasteiger partial charge in [0.2, 0.25) is 0 Å². The molecule has 0 aliphatic carbocycles. The van der Waals surface area contributed by atoms with E-state index in [1.165, 1.54) is 6.42 Å². The van der Waals surface area contributed by atoms with Gasteiger partial charge in [-0.1, -0.05) is 12.7 Å². The highest BCUT2D eigenvalue weighted by molar-refractivity contribution is 5.67. The number of hydrogen-bond acceptors (Lipinski definition) is 4. The molecule has 2 aliphatic rings. The van der Waals surface area contributed by atoms with Gasteiger partial charge < -0.3 is 4.90 Å². The van der Waals surface area contributed by atoms with Gasteiger partial charge in [-0.25, -0.2) is 0 Å². The number of nitro benzene ring substituents is 1. The van der Waals surface area contributed by atoms with Crippen LogP contribution >= 0.6 is 0 Å². The van der Waals surface area contributed by atoms with E-state index in [-0.39, 0.29) is 10.6 Å². The molecule has 1 aromatic carbocycles. The van der Waals surface area contributed by atoms with Crippen LogP contribution in [0.25, 0.3) is 6.08 Å². The molecule has 2 atom stereocenters. The van der Waals surface area contributed by atoms with E-state index in [4.69, 9.17) is 0 Å². The summed E-state index contributed by atoms with van der Waals surface area (Å²) in [6.45, 7) is 5.75. The average molecular weight is 259 g/mol. The summed E-state index contributed by atoms with van der Waals surface area (Å²) >= 11 is 0. The second kappa shape index (κ2) is 4.35. The van der Waals surface area contributed by atoms with Crippen LogP contribution in [0.3, 0.4) is 0 Å². The van der Waals surface area contributed by atoms with Crippen molar-refractivity contribution >= 4 is 17.5 Å². The van der Waals surface area contributed by atoms with Gasteiger partial charge in [-0.05, 0) is 25.6 Å². The van der Waals surface area contributed by atoms with E-state index in [2.05, 4.69) is 23.4 Å². The molecule has 5 nitrogen and oxygen atoms in total. The van der Waals surface area contributed by atoms with Crippen molar-refractivity contribution in [1.82, 2.24) is 4.90 Å². The van der Waals surface area contributed by atoms with Crippen LogP contribution in [0.15, 0.2) is 24.8 Å². The number of likely N-dealkylation sites (N-methyl/N-ethyl adjacent to an activating group) is 1. The lowest BCUT2D eigenvalue weighted by Crippen LogP contribution is -2.44. The highest BCUT2D eigenvalue weighted by atomic mass is 16.6. The SMILES string of the molecule is C=Cc1cc(N2CC3CC2CN3C)ccc1[N+](=O)[O-]. The van der Waals surface area contributed by atoms with E-state index in [1.54, 1.807) is 12.1 Å². The number of likely N-dealkylation sites (tertiary alicyclic amines) is 1. The number of nitro groups is 1. The number of nitrogens with zero attached hydrogens (tertiary/aromatic N) is 3. The maximum atomic E-state index is 10.9. The second-order valence-corrected chi connectivity index (χ2v) is 5.34. The van der Waals surface area contributed by atoms with Crippen molar-refractivity contribution in [2.45, 2.75) is 18.5 Å². The Morgan fingerprint density at radius 2 is 2.21 bits per heavy atom. The summed E-state index contributed by atoms with van der Waals surface area (Å²) in [7, 11) is 2.16. The third kappa shape index (κ3) is 1.90. The molecule has 2 bridgehead atoms. The lowest BCUT2D eigenvalue weighted by atomic mass is 10.1. The minimum absolute atomic E-state index is 0.125. The van der Waals surface area contributed by atoms with Gasteiger partial charge in [-0.3, -0.25) is 15.0 Å². The van der Waals surface area contributed by atoms with E-state index < -0.39 is 0 Å². The third-order valence-electron chi connectivity index (χ3n) is 4.27. The third-order valence-corrected chi connectivity index (χ3v) is 4.27. The maximum absolute atomic E-state index is 10.9. The quantitative estimate of drug-likeness (QED) is 0.616. The predicted octanol–water partition coefficient (Wildman–Crippen LogP) is 2.13. The minimum atomic E-state index is -0.356. The fourth-order valence-electron chi connectivity index (χ4n) is 3.23. The van der Waals surface area contributed by atoms with Crippen LogP contribution < -0.4 is 4.90 Å². The molecule has 2 unspecified atom stereocenters. The highest BCUT2D eigenvalue weighted by Gasteiger charge is 2.41. The number of anilines is 1. The first-order valence-electron chi connectivity index (χ1n) is 6.48. The van der Waals surface area contributed by atoms with Gasteiger partial charge in [0.05, 0.1) is 10.5 Å². The van der Waals surface area contributed by atoms with E-state index >= 15 is 0 Å². The smallest absolute Gasteiger partial charge is 0.276 e. The summed E-state index contributed by atoms with van der Waals surface area (Å²) in [5.74, 6) is 0. The molecule has 1 aromatic rings. The molecule has 2 heterocycles. The molecular weight excluding hydrogens is 242 g/mol. The number of rotatable bonds is 3. The van der Waals surface area contributed by atoms with Crippen LogP contribution in [-0.4, -0.2) is 42.0 Å². The fraction of sp³-hybridized carbons (Fsp3) is 0.429. The van der Waals surface area contributed by atoms with E-state index in [0.717, 1.165) is 18.8 Å². The molecule has 2 aliphatic heterocycles. The Hall–Kier alpha value is -1.88. The van der Waals surface area contributed by atoms with E-state index in [9.17, 15) is 10.1 Å². The molecule has 0 saturated carbocycles. The number of hydrogen-bond donors (Lipinski definition) is 0. The Morgan fingerprint density at radius 1 is 1.42 bits per heavy atom. The zero-order valence-electron chi connectivity index (χ0n) is 11.0. The fourth-order valence-corrected chi connectivity index (χ4v) is 3.23. The zero-order chi connectivity index (χ0) is 13.6. The van der Waals surface area contributed by atoms with Crippen molar-refractivity contribution in [1.29, 1.82) is 0 Å². The number of piperazine rings is 1. The minimum Gasteiger partial charge on any atom is -0.366 e. The topological polar surface area (TPSA) is 49.6 Å². The number of benzene rings is 1. The average Bonchev–Trinajstić information content (AvgIpc) is 2.96. The van der Waals surface area contributed by atoms with Crippen LogP contribution in [0.5, 0.6) is 0 Å². The van der Waals surface area contributed by atoms with E-state index in [1.807, 2.05) is 12.1 Å². The molecular formula is C14H17N3O2. The van der Waals surface area contributed by atoms with Crippen molar-refractivity contribution in [2.75, 3.05) is 25.0 Å². The van der Waals surface area contributed by atoms with Crippen LogP contribution in [-0.2, 0) is 0 Å². The first-order valence-corrected chi connectivity index (χ1v) is 6.48. The Morgan fingerprint density at radius 3 is 2.74 bits per heavy atom. The van der Waals surface area contributed by atoms with Crippen molar-refractivity contribution < 1.29 is 4.92 Å². The highest BCUT2D eigenvalue weighted by Crippen LogP contribution is 2.35. The summed E-state index contributed by atoms with van der Waals surface area (Å²) < 4.78 is 0. The zero-order valence-corrected chi connectivity index (χ0v) is 11.0. The Kier molecular flexibility index (Phi) is 2.78. The summed E-state index contributed by atoms with van der Waals surface area (Å²) in [6.07, 6.45) is 2.75. The molecule has 3 rings (SSSR count). The van der Waals surface area contributed by atoms with Crippen molar-refractivity contribution in [3.63, 3.8) is 0 Å². The molecule has 2 fully saturated rings. The largest absolute Gasteiger partial charge is 0.366 e. The molecule has 0 radical (unpaired) electrons. The molecule has 5 heteroatoms. The van der Waals surface area contributed by atoms with Gasteiger partial charge in [0, 0.05) is 36.9 Å². The lowest BCUT2D eigenvalue weighted by molar-refractivity contribution is -0.385. The van der Waals surface area contributed by atoms with Gasteiger partial charge in [0.15, 0.2) is 0 Å². The first-order chi connectivity index (χ1) is 9.10. The van der Waals surface area contributed by atoms with Crippen LogP contribution in [0, 0.1) is 10.1 Å². The molecule has 100 valence electrons. The Bertz CT molecular complexity index is 541. The maximum Gasteiger partial charge on any atom is 0.276 e. The summed E-state index contributed by atoms with van der Waals surface area (Å²) in [6, 6.07) is 6.47. The van der Waals surface area contributed by atoms with Crippen LogP contribution in [0.2, 0.25) is 0 Å². The number of fused-ring (bicyclic) bond motifs is 2. The van der Waals surface area contributed by atoms with Crippen molar-refractivity contribution in [2.24, 2.45) is 0 Å². The summed E-state index contributed by atoms with van der Waals surface area (Å²) in [5.41, 5.74) is 1.79. The van der Waals surface area contributed by atoms with Gasteiger partial charge in [0.25, 0.3) is 5.69 Å². The first kappa shape index (κ1) is 12.2. The van der Waals surface area contributed by atoms with Crippen molar-refractivity contribution in [3.8, 4) is 0 Å². The van der Waals surface area contributed by atoms with Gasteiger partial charge in [0.1, 0.15) is 0 Å². The molecule has 0 N–H and O–H groups in total. The predicted molar refractivity (Wildman–Crippen MR) is 75.4 cm³/mol. The molecule has 0 aromatic heterocycles. The van der Waals surface area contributed by atoms with Crippen LogP contribution in [0.4, 0.5) is 11.4 Å². The van der Waals surface area contributed by atoms with Gasteiger partial charge in [-0.15, -0.1) is 0 Å². The Labute approximate surface area is 112 Å². The molecule has 19 heavy (non-hydrogen) atoms. The summed E-state index contributed by atoms with van der Waals surface area (Å²) in [5, 5.41) is 10.9. The summed E-state index contributed by atoms with van der Waals surface area (Å²) in [4.78, 5) is 15.3.